The van der Waals surface area contributed by atoms with Crippen LogP contribution in [0.2, 0.25) is 5.02 Å². The number of hydrogen-bond donors (Lipinski definition) is 0. The molecule has 0 amide bonds. The van der Waals surface area contributed by atoms with Crippen LogP contribution < -0.4 is 0 Å². The Kier molecular flexibility index (Phi) is 2.52. The molecule has 0 spiro atoms. The second kappa shape index (κ2) is 4.55. The summed E-state index contributed by atoms with van der Waals surface area (Å²) in [5, 5.41) is 2.30. The number of aromatic nitrogens is 1. The van der Waals surface area contributed by atoms with Crippen LogP contribution in [0.4, 0.5) is 0 Å². The van der Waals surface area contributed by atoms with Gasteiger partial charge in [0, 0.05) is 33.6 Å². The number of para-hydroxylation sites is 1. The Hall–Kier alpha value is -1.99. The molecule has 2 heterocycles. The van der Waals surface area contributed by atoms with Crippen LogP contribution in [0.5, 0.6) is 0 Å². The van der Waals surface area contributed by atoms with Gasteiger partial charge in [0.2, 0.25) is 0 Å². The highest BCUT2D eigenvalue weighted by Gasteiger charge is 2.41. The molecule has 118 valence electrons. The van der Waals surface area contributed by atoms with E-state index in [-0.39, 0.29) is 0 Å². The molecule has 6 rings (SSSR count). The van der Waals surface area contributed by atoms with Gasteiger partial charge in [-0.25, -0.2) is 0 Å². The van der Waals surface area contributed by atoms with Gasteiger partial charge < -0.3 is 4.57 Å². The van der Waals surface area contributed by atoms with Crippen molar-refractivity contribution >= 4 is 22.5 Å². The number of halogens is 1. The normalized spacial score (nSPS) is 24.0. The van der Waals surface area contributed by atoms with E-state index < -0.39 is 0 Å². The summed E-state index contributed by atoms with van der Waals surface area (Å²) in [4.78, 5) is 0. The van der Waals surface area contributed by atoms with Gasteiger partial charge in [-0.1, -0.05) is 42.0 Å². The molecule has 0 bridgehead atoms. The third-order valence-corrected chi connectivity index (χ3v) is 6.28. The Morgan fingerprint density at radius 1 is 1.04 bits per heavy atom. The smallest absolute Gasteiger partial charge is 0.0534 e. The fourth-order valence-electron chi connectivity index (χ4n) is 4.96. The third kappa shape index (κ3) is 1.61. The van der Waals surface area contributed by atoms with Crippen molar-refractivity contribution in [2.45, 2.75) is 37.0 Å². The van der Waals surface area contributed by atoms with E-state index in [0.717, 1.165) is 17.4 Å². The molecule has 1 aromatic heterocycles. The Morgan fingerprint density at radius 2 is 1.92 bits per heavy atom. The van der Waals surface area contributed by atoms with E-state index in [2.05, 4.69) is 53.1 Å². The zero-order valence-corrected chi connectivity index (χ0v) is 14.1. The summed E-state index contributed by atoms with van der Waals surface area (Å²) in [6.07, 6.45) is 8.60. The first kappa shape index (κ1) is 13.3. The number of allylic oxidation sites excluding steroid dienone is 2. The van der Waals surface area contributed by atoms with Gasteiger partial charge in [0.05, 0.1) is 5.52 Å². The molecule has 3 aliphatic rings. The zero-order valence-electron chi connectivity index (χ0n) is 13.4. The second-order valence-corrected chi connectivity index (χ2v) is 7.86. The largest absolute Gasteiger partial charge is 0.313 e. The molecule has 0 radical (unpaired) electrons. The summed E-state index contributed by atoms with van der Waals surface area (Å²) < 4.78 is 2.54. The molecule has 0 unspecified atom stereocenters. The van der Waals surface area contributed by atoms with E-state index >= 15 is 0 Å². The van der Waals surface area contributed by atoms with Crippen molar-refractivity contribution in [3.8, 4) is 5.69 Å². The second-order valence-electron chi connectivity index (χ2n) is 7.43. The van der Waals surface area contributed by atoms with Crippen LogP contribution in [0.25, 0.3) is 16.6 Å². The van der Waals surface area contributed by atoms with Crippen molar-refractivity contribution in [2.24, 2.45) is 0 Å². The number of hydrogen-bond acceptors (Lipinski definition) is 0. The summed E-state index contributed by atoms with van der Waals surface area (Å²) >= 11 is 6.34. The lowest BCUT2D eigenvalue weighted by Gasteiger charge is -2.32. The first-order valence-corrected chi connectivity index (χ1v) is 9.30. The molecule has 24 heavy (non-hydrogen) atoms. The highest BCUT2D eigenvalue weighted by molar-refractivity contribution is 6.30. The zero-order chi connectivity index (χ0) is 15.8. The Bertz CT molecular complexity index is 1020. The minimum absolute atomic E-state index is 0.480. The molecule has 2 atom stereocenters. The van der Waals surface area contributed by atoms with Gasteiger partial charge in [0.25, 0.3) is 0 Å². The summed E-state index contributed by atoms with van der Waals surface area (Å²) in [6.45, 7) is 0. The highest BCUT2D eigenvalue weighted by atomic mass is 35.5. The van der Waals surface area contributed by atoms with Crippen LogP contribution in [0, 0.1) is 0 Å². The summed E-state index contributed by atoms with van der Waals surface area (Å²) in [5.41, 5.74) is 7.28. The first-order valence-electron chi connectivity index (χ1n) is 8.92. The lowest BCUT2D eigenvalue weighted by atomic mass is 9.81. The van der Waals surface area contributed by atoms with Crippen LogP contribution in [-0.4, -0.2) is 4.57 Å². The Balaban J connectivity index is 1.78. The van der Waals surface area contributed by atoms with Crippen LogP contribution in [0.3, 0.4) is 0 Å². The van der Waals surface area contributed by atoms with E-state index in [1.165, 1.54) is 35.0 Å². The van der Waals surface area contributed by atoms with Gasteiger partial charge in [-0.15, -0.1) is 0 Å². The van der Waals surface area contributed by atoms with E-state index in [1.807, 2.05) is 6.07 Å². The number of rotatable bonds is 1. The standard InChI is InChI=1S/C22H18ClN/c23-14-10-11-20-18(12-14)15-5-3-6-16(15)22-21(13-8-9-13)17-4-1-2-7-19(17)24(20)22/h1-5,7,10-13,15-16H,6,8-9H2/t15-,16+/m0/s1. The Labute approximate surface area is 146 Å². The first-order chi connectivity index (χ1) is 11.8. The highest BCUT2D eigenvalue weighted by Crippen LogP contribution is 2.56. The van der Waals surface area contributed by atoms with Crippen LogP contribution in [0.15, 0.2) is 54.6 Å². The van der Waals surface area contributed by atoms with Crippen molar-refractivity contribution in [3.05, 3.63) is 76.5 Å². The monoisotopic (exact) mass is 331 g/mol. The molecule has 2 heteroatoms. The Morgan fingerprint density at radius 3 is 2.79 bits per heavy atom. The van der Waals surface area contributed by atoms with E-state index in [9.17, 15) is 0 Å². The van der Waals surface area contributed by atoms with Gasteiger partial charge in [-0.3, -0.25) is 0 Å². The van der Waals surface area contributed by atoms with Crippen molar-refractivity contribution in [3.63, 3.8) is 0 Å². The van der Waals surface area contributed by atoms with Gasteiger partial charge >= 0.3 is 0 Å². The maximum atomic E-state index is 6.34. The molecule has 3 aromatic rings. The topological polar surface area (TPSA) is 4.93 Å². The predicted molar refractivity (Wildman–Crippen MR) is 99.5 cm³/mol. The molecular formula is C22H18ClN. The SMILES string of the molecule is Clc1ccc2c(c1)[C@H]1C=CC[C@H]1c1c(C3CC3)c3ccccc3n1-2. The number of nitrogens with zero attached hydrogens (tertiary/aromatic N) is 1. The molecular weight excluding hydrogens is 314 g/mol. The van der Waals surface area contributed by atoms with Crippen LogP contribution in [0.1, 0.15) is 53.8 Å². The van der Waals surface area contributed by atoms with Gasteiger partial charge in [0.1, 0.15) is 0 Å². The van der Waals surface area contributed by atoms with Crippen molar-refractivity contribution < 1.29 is 0 Å². The van der Waals surface area contributed by atoms with Gasteiger partial charge in [-0.05, 0) is 60.6 Å². The maximum Gasteiger partial charge on any atom is 0.0534 e. The third-order valence-electron chi connectivity index (χ3n) is 6.05. The molecule has 0 N–H and O–H groups in total. The molecule has 2 aliphatic carbocycles. The molecule has 1 fully saturated rings. The average molecular weight is 332 g/mol. The number of fused-ring (bicyclic) bond motifs is 8. The molecule has 0 saturated heterocycles. The number of benzene rings is 2. The van der Waals surface area contributed by atoms with Gasteiger partial charge in [-0.2, -0.15) is 0 Å². The lowest BCUT2D eigenvalue weighted by Crippen LogP contribution is -2.19. The molecule has 2 aromatic carbocycles. The van der Waals surface area contributed by atoms with Crippen LogP contribution >= 0.6 is 11.6 Å². The summed E-state index contributed by atoms with van der Waals surface area (Å²) in [5.74, 6) is 1.81. The summed E-state index contributed by atoms with van der Waals surface area (Å²) in [7, 11) is 0. The quantitative estimate of drug-likeness (QED) is 0.461. The lowest BCUT2D eigenvalue weighted by molar-refractivity contribution is 0.600. The van der Waals surface area contributed by atoms with Gasteiger partial charge in [0.15, 0.2) is 0 Å². The van der Waals surface area contributed by atoms with Crippen molar-refractivity contribution in [2.75, 3.05) is 0 Å². The van der Waals surface area contributed by atoms with E-state index in [1.54, 1.807) is 11.3 Å². The fraction of sp³-hybridized carbons (Fsp3) is 0.273. The minimum atomic E-state index is 0.480. The fourth-order valence-corrected chi connectivity index (χ4v) is 5.14. The van der Waals surface area contributed by atoms with E-state index in [4.69, 9.17) is 11.6 Å². The molecule has 1 nitrogen and oxygen atoms in total. The molecule has 1 aliphatic heterocycles. The maximum absolute atomic E-state index is 6.34. The van der Waals surface area contributed by atoms with Crippen molar-refractivity contribution in [1.29, 1.82) is 0 Å². The van der Waals surface area contributed by atoms with Crippen molar-refractivity contribution in [1.82, 2.24) is 4.57 Å². The minimum Gasteiger partial charge on any atom is -0.313 e. The predicted octanol–water partition coefficient (Wildman–Crippen LogP) is 6.30. The molecule has 1 saturated carbocycles. The van der Waals surface area contributed by atoms with Crippen LogP contribution in [-0.2, 0) is 0 Å². The summed E-state index contributed by atoms with van der Waals surface area (Å²) in [6, 6.07) is 15.4. The van der Waals surface area contributed by atoms with E-state index in [0.29, 0.717) is 11.8 Å². The average Bonchev–Trinajstić information content (AvgIpc) is 3.20.